The summed E-state index contributed by atoms with van der Waals surface area (Å²) in [5.74, 6) is -1.09. The molecule has 0 aromatic carbocycles. The summed E-state index contributed by atoms with van der Waals surface area (Å²) in [6.07, 6.45) is 2.80. The first-order chi connectivity index (χ1) is 7.74. The molecule has 0 unspecified atom stereocenters. The molecule has 1 aliphatic rings. The van der Waals surface area contributed by atoms with E-state index in [0.29, 0.717) is 5.56 Å². The van der Waals surface area contributed by atoms with Gasteiger partial charge in [-0.25, -0.2) is 13.2 Å². The van der Waals surface area contributed by atoms with Crippen LogP contribution in [-0.4, -0.2) is 19.5 Å². The summed E-state index contributed by atoms with van der Waals surface area (Å²) in [5, 5.41) is 9.10. The van der Waals surface area contributed by atoms with Gasteiger partial charge in [-0.3, -0.25) is 0 Å². The maximum atomic E-state index is 11.2. The van der Waals surface area contributed by atoms with Crippen LogP contribution in [0.4, 0.5) is 0 Å². The molecule has 1 saturated carbocycles. The van der Waals surface area contributed by atoms with Gasteiger partial charge in [0.15, 0.2) is 0 Å². The van der Waals surface area contributed by atoms with Crippen LogP contribution in [-0.2, 0) is 14.5 Å². The summed E-state index contributed by atoms with van der Waals surface area (Å²) in [7, 11) is 1.39. The molecule has 1 aromatic rings. The van der Waals surface area contributed by atoms with E-state index in [0.717, 1.165) is 30.6 Å². The van der Waals surface area contributed by atoms with Gasteiger partial charge in [0.25, 0.3) is 9.05 Å². The number of carbonyl (C=O) groups is 1. The van der Waals surface area contributed by atoms with Crippen molar-refractivity contribution in [3.63, 3.8) is 0 Å². The van der Waals surface area contributed by atoms with Gasteiger partial charge in [-0.1, -0.05) is 13.3 Å². The molecule has 0 bridgehead atoms. The van der Waals surface area contributed by atoms with E-state index in [1.807, 2.05) is 6.92 Å². The smallest absolute Gasteiger partial charge is 0.346 e. The zero-order valence-electron chi connectivity index (χ0n) is 9.07. The Balaban J connectivity index is 2.58. The van der Waals surface area contributed by atoms with Crippen LogP contribution >= 0.6 is 22.0 Å². The maximum Gasteiger partial charge on any atom is 0.346 e. The van der Waals surface area contributed by atoms with Gasteiger partial charge < -0.3 is 5.11 Å². The normalized spacial score (nSPS) is 18.7. The number of hydrogen-bond donors (Lipinski definition) is 1. The molecule has 1 heterocycles. The number of thiophene rings is 1. The lowest BCUT2D eigenvalue weighted by molar-refractivity contribution is 0.0697. The molecule has 94 valence electrons. The first kappa shape index (κ1) is 12.9. The summed E-state index contributed by atoms with van der Waals surface area (Å²) >= 11 is 0.731. The molecule has 0 amide bonds. The van der Waals surface area contributed by atoms with E-state index in [1.165, 1.54) is 6.07 Å². The lowest BCUT2D eigenvalue weighted by Crippen LogP contribution is -2.31. The summed E-state index contributed by atoms with van der Waals surface area (Å²) in [5.41, 5.74) is 0.379. The zero-order chi connectivity index (χ0) is 12.8. The molecule has 17 heavy (non-hydrogen) atoms. The van der Waals surface area contributed by atoms with Crippen molar-refractivity contribution in [2.75, 3.05) is 0 Å². The van der Waals surface area contributed by atoms with Gasteiger partial charge in [-0.2, -0.15) is 0 Å². The molecule has 0 atom stereocenters. The van der Waals surface area contributed by atoms with E-state index in [2.05, 4.69) is 0 Å². The van der Waals surface area contributed by atoms with Crippen LogP contribution in [0.25, 0.3) is 0 Å². The van der Waals surface area contributed by atoms with Gasteiger partial charge in [0.2, 0.25) is 0 Å². The molecule has 2 rings (SSSR count). The Hall–Kier alpha value is -0.590. The number of aromatic carboxylic acids is 1. The molecule has 0 spiro atoms. The number of carboxylic acids is 1. The Morgan fingerprint density at radius 3 is 2.47 bits per heavy atom. The Bertz CT molecular complexity index is 569. The van der Waals surface area contributed by atoms with Gasteiger partial charge in [-0.15, -0.1) is 11.3 Å². The van der Waals surface area contributed by atoms with Crippen molar-refractivity contribution in [2.45, 2.75) is 35.8 Å². The van der Waals surface area contributed by atoms with Crippen molar-refractivity contribution in [2.24, 2.45) is 0 Å². The molecule has 1 N–H and O–H groups in total. The highest BCUT2D eigenvalue weighted by Gasteiger charge is 2.39. The van der Waals surface area contributed by atoms with Crippen molar-refractivity contribution in [3.8, 4) is 0 Å². The molecular formula is C10H11ClO4S2. The van der Waals surface area contributed by atoms with Crippen LogP contribution in [0.2, 0.25) is 0 Å². The Labute approximate surface area is 108 Å². The average molecular weight is 295 g/mol. The second kappa shape index (κ2) is 3.96. The van der Waals surface area contributed by atoms with Gasteiger partial charge in [0.05, 0.1) is 0 Å². The van der Waals surface area contributed by atoms with Gasteiger partial charge >= 0.3 is 5.97 Å². The van der Waals surface area contributed by atoms with Crippen molar-refractivity contribution < 1.29 is 18.3 Å². The average Bonchev–Trinajstić information content (AvgIpc) is 2.57. The van der Waals surface area contributed by atoms with Crippen LogP contribution in [0.15, 0.2) is 10.3 Å². The van der Waals surface area contributed by atoms with Crippen LogP contribution in [0.5, 0.6) is 0 Å². The summed E-state index contributed by atoms with van der Waals surface area (Å²) in [6.45, 7) is 1.95. The number of rotatable bonds is 3. The maximum absolute atomic E-state index is 11.2. The van der Waals surface area contributed by atoms with Crippen LogP contribution in [0.3, 0.4) is 0 Å². The van der Waals surface area contributed by atoms with Gasteiger partial charge in [0.1, 0.15) is 9.09 Å². The number of halogens is 1. The van der Waals surface area contributed by atoms with Crippen molar-refractivity contribution in [3.05, 3.63) is 16.5 Å². The fourth-order valence-electron chi connectivity index (χ4n) is 2.07. The number of hydrogen-bond acceptors (Lipinski definition) is 4. The molecule has 7 heteroatoms. The predicted molar refractivity (Wildman–Crippen MR) is 65.5 cm³/mol. The topological polar surface area (TPSA) is 71.4 Å². The molecule has 4 nitrogen and oxygen atoms in total. The van der Waals surface area contributed by atoms with E-state index in [4.69, 9.17) is 15.8 Å². The molecule has 0 aliphatic heterocycles. The first-order valence-corrected chi connectivity index (χ1v) is 8.19. The zero-order valence-corrected chi connectivity index (χ0v) is 11.5. The van der Waals surface area contributed by atoms with Crippen LogP contribution in [0, 0.1) is 0 Å². The lowest BCUT2D eigenvalue weighted by atomic mass is 9.66. The second-order valence-electron chi connectivity index (χ2n) is 4.47. The Kier molecular flexibility index (Phi) is 3.00. The minimum absolute atomic E-state index is 0.0836. The molecule has 1 aliphatic carbocycles. The molecule has 1 aromatic heterocycles. The minimum atomic E-state index is -3.86. The second-order valence-corrected chi connectivity index (χ2v) is 8.31. The standard InChI is InChI=1S/C10H11ClO4S2/c1-10(3-2-4-10)6-5-7(17(11,14)15)16-8(6)9(12)13/h5H,2-4H2,1H3,(H,12,13). The quantitative estimate of drug-likeness (QED) is 0.870. The molecular weight excluding hydrogens is 284 g/mol. The van der Waals surface area contributed by atoms with Gasteiger partial charge in [-0.05, 0) is 29.9 Å². The monoisotopic (exact) mass is 294 g/mol. The van der Waals surface area contributed by atoms with Crippen LogP contribution in [0.1, 0.15) is 41.4 Å². The Morgan fingerprint density at radius 2 is 2.12 bits per heavy atom. The third-order valence-electron chi connectivity index (χ3n) is 3.25. The largest absolute Gasteiger partial charge is 0.477 e. The summed E-state index contributed by atoms with van der Waals surface area (Å²) < 4.78 is 22.4. The lowest BCUT2D eigenvalue weighted by Gasteiger charge is -2.38. The summed E-state index contributed by atoms with van der Waals surface area (Å²) in [6, 6.07) is 1.41. The van der Waals surface area contributed by atoms with E-state index in [9.17, 15) is 13.2 Å². The third kappa shape index (κ3) is 2.21. The highest BCUT2D eigenvalue weighted by molar-refractivity contribution is 8.15. The highest BCUT2D eigenvalue weighted by atomic mass is 35.7. The highest BCUT2D eigenvalue weighted by Crippen LogP contribution is 2.47. The summed E-state index contributed by atoms with van der Waals surface area (Å²) in [4.78, 5) is 11.2. The molecule has 0 saturated heterocycles. The van der Waals surface area contributed by atoms with Crippen molar-refractivity contribution in [1.82, 2.24) is 0 Å². The minimum Gasteiger partial charge on any atom is -0.477 e. The fourth-order valence-corrected chi connectivity index (χ4v) is 4.28. The van der Waals surface area contributed by atoms with Gasteiger partial charge in [0, 0.05) is 10.7 Å². The third-order valence-corrected chi connectivity index (χ3v) is 6.45. The van der Waals surface area contributed by atoms with Crippen molar-refractivity contribution >= 4 is 37.0 Å². The van der Waals surface area contributed by atoms with E-state index in [-0.39, 0.29) is 14.5 Å². The van der Waals surface area contributed by atoms with E-state index in [1.54, 1.807) is 0 Å². The fraction of sp³-hybridized carbons (Fsp3) is 0.500. The SMILES string of the molecule is CC1(c2cc(S(=O)(=O)Cl)sc2C(=O)O)CCC1. The van der Waals surface area contributed by atoms with Crippen LogP contribution < -0.4 is 0 Å². The van der Waals surface area contributed by atoms with Crippen molar-refractivity contribution in [1.29, 1.82) is 0 Å². The Morgan fingerprint density at radius 1 is 1.53 bits per heavy atom. The number of carboxylic acid groups (broad SMARTS) is 1. The molecule has 1 fully saturated rings. The molecule has 0 radical (unpaired) electrons. The first-order valence-electron chi connectivity index (χ1n) is 5.06. The van der Waals surface area contributed by atoms with E-state index >= 15 is 0 Å². The predicted octanol–water partition coefficient (Wildman–Crippen LogP) is 2.82. The van der Waals surface area contributed by atoms with E-state index < -0.39 is 15.0 Å².